The van der Waals surface area contributed by atoms with E-state index in [1.807, 2.05) is 6.07 Å². The van der Waals surface area contributed by atoms with Gasteiger partial charge in [-0.3, -0.25) is 4.98 Å². The third-order valence-corrected chi connectivity index (χ3v) is 2.44. The van der Waals surface area contributed by atoms with Crippen LogP contribution in [0.4, 0.5) is 0 Å². The minimum absolute atomic E-state index is 0.139. The van der Waals surface area contributed by atoms with E-state index >= 15 is 0 Å². The Kier molecular flexibility index (Phi) is 3.14. The van der Waals surface area contributed by atoms with Crippen molar-refractivity contribution in [2.24, 2.45) is 0 Å². The Balaban J connectivity index is 2.50. The average Bonchev–Trinajstić information content (AvgIpc) is 2.38. The summed E-state index contributed by atoms with van der Waals surface area (Å²) in [6.45, 7) is 0. The van der Waals surface area contributed by atoms with Gasteiger partial charge in [-0.2, -0.15) is 0 Å². The zero-order valence-electron chi connectivity index (χ0n) is 9.68. The first kappa shape index (κ1) is 11.3. The first-order valence-corrected chi connectivity index (χ1v) is 5.12. The van der Waals surface area contributed by atoms with E-state index < -0.39 is 0 Å². The third-order valence-electron chi connectivity index (χ3n) is 2.44. The lowest BCUT2D eigenvalue weighted by Crippen LogP contribution is -1.91. The third kappa shape index (κ3) is 2.15. The van der Waals surface area contributed by atoms with Crippen molar-refractivity contribution in [1.29, 1.82) is 0 Å². The second-order valence-electron chi connectivity index (χ2n) is 3.44. The molecule has 17 heavy (non-hydrogen) atoms. The lowest BCUT2D eigenvalue weighted by atomic mass is 10.1. The molecule has 0 amide bonds. The van der Waals surface area contributed by atoms with Gasteiger partial charge < -0.3 is 14.6 Å². The number of nitrogens with zero attached hydrogens (tertiary/aromatic N) is 1. The molecule has 1 aromatic carbocycles. The number of hydrogen-bond acceptors (Lipinski definition) is 4. The Bertz CT molecular complexity index is 526. The second-order valence-corrected chi connectivity index (χ2v) is 3.44. The van der Waals surface area contributed by atoms with Gasteiger partial charge >= 0.3 is 0 Å². The molecule has 0 atom stereocenters. The minimum Gasteiger partial charge on any atom is -0.506 e. The van der Waals surface area contributed by atoms with Crippen LogP contribution in [0.2, 0.25) is 0 Å². The summed E-state index contributed by atoms with van der Waals surface area (Å²) in [4.78, 5) is 4.13. The van der Waals surface area contributed by atoms with Crippen molar-refractivity contribution in [2.75, 3.05) is 14.2 Å². The Labute approximate surface area is 99.5 Å². The number of ether oxygens (including phenoxy) is 2. The number of rotatable bonds is 3. The van der Waals surface area contributed by atoms with Gasteiger partial charge in [0.25, 0.3) is 0 Å². The summed E-state index contributed by atoms with van der Waals surface area (Å²) in [5.74, 6) is 1.39. The molecule has 0 aliphatic rings. The van der Waals surface area contributed by atoms with Crippen molar-refractivity contribution >= 4 is 0 Å². The van der Waals surface area contributed by atoms with E-state index in [9.17, 15) is 5.11 Å². The van der Waals surface area contributed by atoms with Gasteiger partial charge in [0.05, 0.1) is 14.2 Å². The van der Waals surface area contributed by atoms with E-state index in [1.54, 1.807) is 44.7 Å². The van der Waals surface area contributed by atoms with Crippen LogP contribution in [0.5, 0.6) is 17.2 Å². The van der Waals surface area contributed by atoms with Crippen LogP contribution in [-0.4, -0.2) is 24.3 Å². The van der Waals surface area contributed by atoms with Gasteiger partial charge in [0.15, 0.2) is 11.5 Å². The zero-order chi connectivity index (χ0) is 12.3. The van der Waals surface area contributed by atoms with E-state index in [4.69, 9.17) is 9.47 Å². The fourth-order valence-corrected chi connectivity index (χ4v) is 1.60. The maximum atomic E-state index is 9.72. The van der Waals surface area contributed by atoms with Gasteiger partial charge in [0, 0.05) is 11.8 Å². The maximum Gasteiger partial charge on any atom is 0.161 e. The van der Waals surface area contributed by atoms with Crippen LogP contribution in [0.15, 0.2) is 36.5 Å². The van der Waals surface area contributed by atoms with E-state index in [0.717, 1.165) is 5.56 Å². The smallest absolute Gasteiger partial charge is 0.161 e. The Hall–Kier alpha value is -2.23. The summed E-state index contributed by atoms with van der Waals surface area (Å²) in [7, 11) is 3.15. The number of pyridine rings is 1. The number of methoxy groups -OCH3 is 2. The molecule has 88 valence electrons. The standard InChI is InChI=1S/C13H13NO3/c1-16-11-6-5-9(8-12(11)17-2)13-10(15)4-3-7-14-13/h3-8,15H,1-2H3. The molecule has 1 N–H and O–H groups in total. The van der Waals surface area contributed by atoms with Crippen molar-refractivity contribution in [1.82, 2.24) is 4.98 Å². The van der Waals surface area contributed by atoms with Crippen molar-refractivity contribution in [3.05, 3.63) is 36.5 Å². The molecule has 1 aromatic heterocycles. The van der Waals surface area contributed by atoms with Gasteiger partial charge in [-0.25, -0.2) is 0 Å². The molecule has 0 radical (unpaired) electrons. The van der Waals surface area contributed by atoms with Gasteiger partial charge in [0.2, 0.25) is 0 Å². The molecule has 2 rings (SSSR count). The molecule has 0 saturated carbocycles. The first-order valence-electron chi connectivity index (χ1n) is 5.12. The van der Waals surface area contributed by atoms with E-state index in [-0.39, 0.29) is 5.75 Å². The Morgan fingerprint density at radius 2 is 1.82 bits per heavy atom. The largest absolute Gasteiger partial charge is 0.506 e. The van der Waals surface area contributed by atoms with Gasteiger partial charge in [-0.15, -0.1) is 0 Å². The molecule has 4 heteroatoms. The van der Waals surface area contributed by atoms with Gasteiger partial charge in [-0.1, -0.05) is 0 Å². The van der Waals surface area contributed by atoms with Crippen LogP contribution in [0, 0.1) is 0 Å². The quantitative estimate of drug-likeness (QED) is 0.881. The molecule has 1 heterocycles. The van der Waals surface area contributed by atoms with Gasteiger partial charge in [0.1, 0.15) is 11.4 Å². The number of aromatic nitrogens is 1. The highest BCUT2D eigenvalue weighted by molar-refractivity contribution is 5.68. The van der Waals surface area contributed by atoms with Crippen molar-refractivity contribution in [3.63, 3.8) is 0 Å². The van der Waals surface area contributed by atoms with E-state index in [2.05, 4.69) is 4.98 Å². The lowest BCUT2D eigenvalue weighted by molar-refractivity contribution is 0.355. The monoisotopic (exact) mass is 231 g/mol. The summed E-state index contributed by atoms with van der Waals surface area (Å²) < 4.78 is 10.4. The van der Waals surface area contributed by atoms with Gasteiger partial charge in [-0.05, 0) is 30.3 Å². The molecule has 4 nitrogen and oxygen atoms in total. The second kappa shape index (κ2) is 4.74. The maximum absolute atomic E-state index is 9.72. The first-order chi connectivity index (χ1) is 8.26. The summed E-state index contributed by atoms with van der Waals surface area (Å²) in [5, 5.41) is 9.72. The molecule has 0 fully saturated rings. The predicted molar refractivity (Wildman–Crippen MR) is 64.4 cm³/mol. The molecule has 2 aromatic rings. The fraction of sp³-hybridized carbons (Fsp3) is 0.154. The van der Waals surface area contributed by atoms with Crippen molar-refractivity contribution in [3.8, 4) is 28.5 Å². The van der Waals surface area contributed by atoms with Crippen LogP contribution in [0.25, 0.3) is 11.3 Å². The Morgan fingerprint density at radius 1 is 1.06 bits per heavy atom. The highest BCUT2D eigenvalue weighted by Gasteiger charge is 2.09. The van der Waals surface area contributed by atoms with Crippen LogP contribution in [-0.2, 0) is 0 Å². The molecule has 0 bridgehead atoms. The van der Waals surface area contributed by atoms with Crippen LogP contribution < -0.4 is 9.47 Å². The van der Waals surface area contributed by atoms with Crippen LogP contribution >= 0.6 is 0 Å². The summed E-state index contributed by atoms with van der Waals surface area (Å²) >= 11 is 0. The molecule has 0 saturated heterocycles. The lowest BCUT2D eigenvalue weighted by Gasteiger charge is -2.09. The summed E-state index contributed by atoms with van der Waals surface area (Å²) in [6.07, 6.45) is 1.63. The van der Waals surface area contributed by atoms with E-state index in [0.29, 0.717) is 17.2 Å². The number of benzene rings is 1. The van der Waals surface area contributed by atoms with Crippen molar-refractivity contribution in [2.45, 2.75) is 0 Å². The highest BCUT2D eigenvalue weighted by Crippen LogP contribution is 2.34. The fourth-order valence-electron chi connectivity index (χ4n) is 1.60. The molecule has 0 aliphatic heterocycles. The SMILES string of the molecule is COc1ccc(-c2ncccc2O)cc1OC. The topological polar surface area (TPSA) is 51.6 Å². The minimum atomic E-state index is 0.139. The molecule has 0 aliphatic carbocycles. The summed E-state index contributed by atoms with van der Waals surface area (Å²) in [5.41, 5.74) is 1.30. The average molecular weight is 231 g/mol. The Morgan fingerprint density at radius 3 is 2.47 bits per heavy atom. The van der Waals surface area contributed by atoms with Crippen LogP contribution in [0.3, 0.4) is 0 Å². The van der Waals surface area contributed by atoms with E-state index in [1.165, 1.54) is 0 Å². The van der Waals surface area contributed by atoms with Crippen molar-refractivity contribution < 1.29 is 14.6 Å². The molecular weight excluding hydrogens is 218 g/mol. The zero-order valence-corrected chi connectivity index (χ0v) is 9.68. The number of hydrogen-bond donors (Lipinski definition) is 1. The number of aromatic hydroxyl groups is 1. The van der Waals surface area contributed by atoms with Crippen LogP contribution in [0.1, 0.15) is 0 Å². The highest BCUT2D eigenvalue weighted by atomic mass is 16.5. The molecular formula is C13H13NO3. The molecule has 0 spiro atoms. The normalized spacial score (nSPS) is 10.0. The summed E-state index contributed by atoms with van der Waals surface area (Å²) in [6, 6.07) is 8.66. The predicted octanol–water partition coefficient (Wildman–Crippen LogP) is 2.47. The molecule has 0 unspecified atom stereocenters.